The Kier molecular flexibility index (Phi) is 5.32. The number of hydrogen-bond donors (Lipinski definition) is 2. The molecule has 1 unspecified atom stereocenters. The average Bonchev–Trinajstić information content (AvgIpc) is 2.74. The molecule has 1 aromatic heterocycles. The monoisotopic (exact) mass is 240 g/mol. The molecule has 0 saturated heterocycles. The molecule has 1 heterocycles. The van der Waals surface area contributed by atoms with E-state index in [0.717, 1.165) is 12.8 Å². The van der Waals surface area contributed by atoms with Crippen molar-refractivity contribution in [2.45, 2.75) is 46.2 Å². The maximum atomic E-state index is 11.4. The van der Waals surface area contributed by atoms with E-state index in [9.17, 15) is 4.79 Å². The molecule has 1 rings (SSSR count). The van der Waals surface area contributed by atoms with Crippen molar-refractivity contribution in [3.63, 3.8) is 0 Å². The van der Waals surface area contributed by atoms with Crippen molar-refractivity contribution < 1.29 is 4.79 Å². The number of carbonyl (C=O) groups is 1. The van der Waals surface area contributed by atoms with E-state index in [1.54, 1.807) is 11.3 Å². The first kappa shape index (κ1) is 13.0. The van der Waals surface area contributed by atoms with Crippen LogP contribution in [-0.4, -0.2) is 12.1 Å². The molecular weight excluding hydrogens is 220 g/mol. The second-order valence-corrected chi connectivity index (χ2v) is 5.11. The number of nitrogens with one attached hydrogen (secondary N) is 2. The quantitative estimate of drug-likeness (QED) is 0.816. The number of hydrogen-bond acceptors (Lipinski definition) is 2. The van der Waals surface area contributed by atoms with Gasteiger partial charge in [0.2, 0.25) is 0 Å². The van der Waals surface area contributed by atoms with Gasteiger partial charge in [-0.15, -0.1) is 11.3 Å². The maximum absolute atomic E-state index is 11.4. The van der Waals surface area contributed by atoms with Crippen LogP contribution in [0.3, 0.4) is 0 Å². The Balaban J connectivity index is 2.31. The molecule has 3 nitrogen and oxygen atoms in total. The number of carbonyl (C=O) groups excluding carboxylic acids is 1. The van der Waals surface area contributed by atoms with Crippen molar-refractivity contribution >= 4 is 17.4 Å². The van der Waals surface area contributed by atoms with Crippen LogP contribution in [0.1, 0.15) is 36.9 Å². The van der Waals surface area contributed by atoms with Gasteiger partial charge < -0.3 is 10.6 Å². The van der Waals surface area contributed by atoms with Crippen LogP contribution < -0.4 is 10.6 Å². The third kappa shape index (κ3) is 4.23. The molecule has 2 N–H and O–H groups in total. The summed E-state index contributed by atoms with van der Waals surface area (Å²) in [4.78, 5) is 14.0. The zero-order valence-corrected chi connectivity index (χ0v) is 11.0. The lowest BCUT2D eigenvalue weighted by molar-refractivity contribution is 0.237. The fraction of sp³-hybridized carbons (Fsp3) is 0.583. The van der Waals surface area contributed by atoms with Crippen LogP contribution in [0, 0.1) is 0 Å². The van der Waals surface area contributed by atoms with Gasteiger partial charge in [0.1, 0.15) is 0 Å². The highest BCUT2D eigenvalue weighted by atomic mass is 32.1. The Bertz CT molecular complexity index is 336. The molecular formula is C12H20N2OS. The summed E-state index contributed by atoms with van der Waals surface area (Å²) in [6.45, 7) is 6.81. The summed E-state index contributed by atoms with van der Waals surface area (Å²) in [5, 5.41) is 5.74. The van der Waals surface area contributed by atoms with E-state index in [4.69, 9.17) is 0 Å². The van der Waals surface area contributed by atoms with Crippen molar-refractivity contribution in [3.8, 4) is 0 Å². The fourth-order valence-electron chi connectivity index (χ4n) is 1.25. The van der Waals surface area contributed by atoms with Gasteiger partial charge in [-0.2, -0.15) is 0 Å². The molecule has 0 radical (unpaired) electrons. The highest BCUT2D eigenvalue weighted by molar-refractivity contribution is 7.11. The first-order valence-electron chi connectivity index (χ1n) is 5.77. The largest absolute Gasteiger partial charge is 0.336 e. The highest BCUT2D eigenvalue weighted by Gasteiger charge is 2.05. The maximum Gasteiger partial charge on any atom is 0.315 e. The minimum atomic E-state index is -0.0826. The molecule has 1 atom stereocenters. The molecule has 1 aromatic rings. The number of rotatable bonds is 5. The number of urea groups is 1. The first-order chi connectivity index (χ1) is 7.65. The minimum absolute atomic E-state index is 0.0826. The number of aryl methyl sites for hydroxylation is 1. The SMILES string of the molecule is CCc1ccc(CNC(=O)NC(C)CC)s1. The van der Waals surface area contributed by atoms with Gasteiger partial charge in [0, 0.05) is 15.8 Å². The van der Waals surface area contributed by atoms with Crippen molar-refractivity contribution in [1.82, 2.24) is 10.6 Å². The minimum Gasteiger partial charge on any atom is -0.336 e. The summed E-state index contributed by atoms with van der Waals surface area (Å²) in [6, 6.07) is 4.34. The highest BCUT2D eigenvalue weighted by Crippen LogP contribution is 2.16. The normalized spacial score (nSPS) is 12.2. The molecule has 0 fully saturated rings. The van der Waals surface area contributed by atoms with Crippen LogP contribution in [0.4, 0.5) is 4.79 Å². The number of amides is 2. The summed E-state index contributed by atoms with van der Waals surface area (Å²) in [7, 11) is 0. The third-order valence-corrected chi connectivity index (χ3v) is 3.71. The fourth-order valence-corrected chi connectivity index (χ4v) is 2.15. The molecule has 4 heteroatoms. The van der Waals surface area contributed by atoms with E-state index in [1.807, 2.05) is 6.92 Å². The van der Waals surface area contributed by atoms with Gasteiger partial charge in [-0.25, -0.2) is 4.79 Å². The van der Waals surface area contributed by atoms with Crippen LogP contribution >= 0.6 is 11.3 Å². The summed E-state index contributed by atoms with van der Waals surface area (Å²) in [5.41, 5.74) is 0. The van der Waals surface area contributed by atoms with E-state index in [1.165, 1.54) is 9.75 Å². The molecule has 2 amide bonds. The van der Waals surface area contributed by atoms with Gasteiger partial charge in [0.25, 0.3) is 0 Å². The van der Waals surface area contributed by atoms with Crippen LogP contribution in [-0.2, 0) is 13.0 Å². The Hall–Kier alpha value is -1.03. The third-order valence-electron chi connectivity index (χ3n) is 2.48. The van der Waals surface area contributed by atoms with E-state index < -0.39 is 0 Å². The van der Waals surface area contributed by atoms with Gasteiger partial charge in [-0.3, -0.25) is 0 Å². The second-order valence-electron chi connectivity index (χ2n) is 3.86. The Morgan fingerprint density at radius 2 is 2.06 bits per heavy atom. The Morgan fingerprint density at radius 3 is 2.62 bits per heavy atom. The molecule has 0 aliphatic carbocycles. The number of thiophene rings is 1. The van der Waals surface area contributed by atoms with Crippen molar-refractivity contribution in [2.75, 3.05) is 0 Å². The summed E-state index contributed by atoms with van der Waals surface area (Å²) >= 11 is 1.76. The zero-order chi connectivity index (χ0) is 12.0. The predicted molar refractivity (Wildman–Crippen MR) is 68.8 cm³/mol. The first-order valence-corrected chi connectivity index (χ1v) is 6.59. The molecule has 0 spiro atoms. The molecule has 0 aliphatic heterocycles. The molecule has 0 aliphatic rings. The Morgan fingerprint density at radius 1 is 1.38 bits per heavy atom. The molecule has 0 aromatic carbocycles. The van der Waals surface area contributed by atoms with Gasteiger partial charge in [-0.05, 0) is 31.9 Å². The molecule has 0 saturated carbocycles. The topological polar surface area (TPSA) is 41.1 Å². The molecule has 0 bridgehead atoms. The van der Waals surface area contributed by atoms with Crippen LogP contribution in [0.15, 0.2) is 12.1 Å². The summed E-state index contributed by atoms with van der Waals surface area (Å²) < 4.78 is 0. The van der Waals surface area contributed by atoms with Crippen LogP contribution in [0.2, 0.25) is 0 Å². The van der Waals surface area contributed by atoms with Gasteiger partial charge in [0.15, 0.2) is 0 Å². The van der Waals surface area contributed by atoms with Crippen LogP contribution in [0.5, 0.6) is 0 Å². The zero-order valence-electron chi connectivity index (χ0n) is 10.2. The molecule has 16 heavy (non-hydrogen) atoms. The summed E-state index contributed by atoms with van der Waals surface area (Å²) in [5.74, 6) is 0. The average molecular weight is 240 g/mol. The van der Waals surface area contributed by atoms with Crippen molar-refractivity contribution in [2.24, 2.45) is 0 Å². The van der Waals surface area contributed by atoms with Gasteiger partial charge >= 0.3 is 6.03 Å². The Labute approximate surface area is 101 Å². The van der Waals surface area contributed by atoms with E-state index >= 15 is 0 Å². The van der Waals surface area contributed by atoms with Crippen LogP contribution in [0.25, 0.3) is 0 Å². The van der Waals surface area contributed by atoms with E-state index in [2.05, 4.69) is 36.6 Å². The predicted octanol–water partition coefficient (Wildman–Crippen LogP) is 2.91. The lowest BCUT2D eigenvalue weighted by Gasteiger charge is -2.11. The smallest absolute Gasteiger partial charge is 0.315 e. The van der Waals surface area contributed by atoms with Crippen molar-refractivity contribution in [1.29, 1.82) is 0 Å². The van der Waals surface area contributed by atoms with Gasteiger partial charge in [-0.1, -0.05) is 13.8 Å². The standard InChI is InChI=1S/C12H20N2OS/c1-4-9(3)14-12(15)13-8-11-7-6-10(5-2)16-11/h6-7,9H,4-5,8H2,1-3H3,(H2,13,14,15). The van der Waals surface area contributed by atoms with E-state index in [-0.39, 0.29) is 12.1 Å². The second kappa shape index (κ2) is 6.53. The lowest BCUT2D eigenvalue weighted by atomic mass is 10.3. The van der Waals surface area contributed by atoms with E-state index in [0.29, 0.717) is 6.54 Å². The van der Waals surface area contributed by atoms with Crippen molar-refractivity contribution in [3.05, 3.63) is 21.9 Å². The van der Waals surface area contributed by atoms with Gasteiger partial charge in [0.05, 0.1) is 6.54 Å². The summed E-state index contributed by atoms with van der Waals surface area (Å²) in [6.07, 6.45) is 2.01. The lowest BCUT2D eigenvalue weighted by Crippen LogP contribution is -2.39. The molecule has 90 valence electrons.